The van der Waals surface area contributed by atoms with Crippen LogP contribution in [0.3, 0.4) is 0 Å². The Balaban J connectivity index is 1.58. The van der Waals surface area contributed by atoms with Crippen molar-refractivity contribution >= 4 is 34.9 Å². The van der Waals surface area contributed by atoms with Gasteiger partial charge in [0.05, 0.1) is 7.11 Å². The van der Waals surface area contributed by atoms with E-state index in [9.17, 15) is 14.4 Å². The van der Waals surface area contributed by atoms with Gasteiger partial charge in [-0.25, -0.2) is 4.79 Å². The van der Waals surface area contributed by atoms with Gasteiger partial charge >= 0.3 is 12.0 Å². The molecule has 2 aromatic rings. The van der Waals surface area contributed by atoms with Crippen molar-refractivity contribution in [3.63, 3.8) is 0 Å². The molecular weight excluding hydrogens is 394 g/mol. The number of methoxy groups -OCH3 is 1. The zero-order valence-electron chi connectivity index (χ0n) is 16.3. The van der Waals surface area contributed by atoms with Crippen LogP contribution in [0.4, 0.5) is 10.5 Å². The number of esters is 1. The second kappa shape index (κ2) is 9.46. The van der Waals surface area contributed by atoms with Crippen LogP contribution in [0.1, 0.15) is 39.1 Å². The van der Waals surface area contributed by atoms with E-state index in [1.165, 1.54) is 18.4 Å². The summed E-state index contributed by atoms with van der Waals surface area (Å²) in [7, 11) is 1.27. The Morgan fingerprint density at radius 3 is 2.72 bits per heavy atom. The van der Waals surface area contributed by atoms with E-state index in [2.05, 4.69) is 25.6 Å². The number of nitrogens with zero attached hydrogens (tertiary/aromatic N) is 3. The lowest BCUT2D eigenvalue weighted by Crippen LogP contribution is -2.46. The zero-order valence-corrected chi connectivity index (χ0v) is 17.1. The van der Waals surface area contributed by atoms with Crippen molar-refractivity contribution in [1.82, 2.24) is 20.4 Å². The summed E-state index contributed by atoms with van der Waals surface area (Å²) in [6.07, 6.45) is 1.66. The highest BCUT2D eigenvalue weighted by molar-refractivity contribution is 7.13. The van der Waals surface area contributed by atoms with Crippen LogP contribution in [-0.4, -0.2) is 59.7 Å². The Hall–Kier alpha value is -3.01. The molecule has 0 saturated carbocycles. The van der Waals surface area contributed by atoms with Crippen molar-refractivity contribution < 1.29 is 19.1 Å². The van der Waals surface area contributed by atoms with Crippen LogP contribution >= 0.6 is 11.3 Å². The standard InChI is InChI=1S/C19H23N5O4S/c1-12-5-7-14(8-6-12)21-16(26)18-23-22-17(29-18)13-4-3-9-24(11-13)19(27)20-10-15(25)28-2/h5-8,13H,3-4,9-11H2,1-2H3,(H,20,27)(H,21,26)/t13-/m1/s1. The predicted molar refractivity (Wildman–Crippen MR) is 108 cm³/mol. The number of aromatic nitrogens is 2. The summed E-state index contributed by atoms with van der Waals surface area (Å²) in [4.78, 5) is 37.5. The highest BCUT2D eigenvalue weighted by atomic mass is 32.1. The predicted octanol–water partition coefficient (Wildman–Crippen LogP) is 2.16. The summed E-state index contributed by atoms with van der Waals surface area (Å²) in [5.41, 5.74) is 1.81. The van der Waals surface area contributed by atoms with E-state index >= 15 is 0 Å². The molecule has 1 aromatic heterocycles. The first-order valence-corrected chi connectivity index (χ1v) is 10.1. The number of carbonyl (C=O) groups excluding carboxylic acids is 3. The van der Waals surface area contributed by atoms with Gasteiger partial charge in [-0.05, 0) is 31.9 Å². The van der Waals surface area contributed by atoms with Gasteiger partial charge in [0.1, 0.15) is 11.6 Å². The highest BCUT2D eigenvalue weighted by Crippen LogP contribution is 2.29. The number of amides is 3. The summed E-state index contributed by atoms with van der Waals surface area (Å²) in [5, 5.41) is 14.6. The number of rotatable bonds is 5. The van der Waals surface area contributed by atoms with E-state index in [0.29, 0.717) is 18.8 Å². The van der Waals surface area contributed by atoms with Gasteiger partial charge in [0.15, 0.2) is 0 Å². The molecule has 0 spiro atoms. The molecule has 1 aliphatic rings. The number of likely N-dealkylation sites (tertiary alicyclic amines) is 1. The number of ether oxygens (including phenoxy) is 1. The van der Waals surface area contributed by atoms with Crippen LogP contribution in [0.25, 0.3) is 0 Å². The Morgan fingerprint density at radius 1 is 1.24 bits per heavy atom. The molecule has 1 aliphatic heterocycles. The van der Waals surface area contributed by atoms with Crippen molar-refractivity contribution in [3.8, 4) is 0 Å². The number of aryl methyl sites for hydroxylation is 1. The molecule has 2 N–H and O–H groups in total. The molecule has 0 radical (unpaired) electrons. The van der Waals surface area contributed by atoms with Crippen LogP contribution in [0.15, 0.2) is 24.3 Å². The lowest BCUT2D eigenvalue weighted by molar-refractivity contribution is -0.139. The Morgan fingerprint density at radius 2 is 2.00 bits per heavy atom. The van der Waals surface area contributed by atoms with Crippen molar-refractivity contribution in [2.24, 2.45) is 0 Å². The lowest BCUT2D eigenvalue weighted by atomic mass is 9.99. The largest absolute Gasteiger partial charge is 0.468 e. The van der Waals surface area contributed by atoms with Crippen molar-refractivity contribution in [3.05, 3.63) is 39.8 Å². The average molecular weight is 417 g/mol. The minimum atomic E-state index is -0.500. The van der Waals surface area contributed by atoms with Gasteiger partial charge in [-0.15, -0.1) is 10.2 Å². The number of hydrogen-bond acceptors (Lipinski definition) is 7. The molecule has 0 unspecified atom stereocenters. The number of piperidine rings is 1. The maximum atomic E-state index is 12.4. The lowest BCUT2D eigenvalue weighted by Gasteiger charge is -2.31. The minimum Gasteiger partial charge on any atom is -0.468 e. The highest BCUT2D eigenvalue weighted by Gasteiger charge is 2.28. The third-order valence-electron chi connectivity index (χ3n) is 4.61. The maximum absolute atomic E-state index is 12.4. The van der Waals surface area contributed by atoms with Gasteiger partial charge < -0.3 is 20.3 Å². The topological polar surface area (TPSA) is 114 Å². The number of benzene rings is 1. The first-order chi connectivity index (χ1) is 14.0. The first kappa shape index (κ1) is 20.7. The third kappa shape index (κ3) is 5.50. The molecule has 3 amide bonds. The van der Waals surface area contributed by atoms with Crippen LogP contribution in [0, 0.1) is 6.92 Å². The molecule has 1 atom stereocenters. The van der Waals surface area contributed by atoms with Gasteiger partial charge in [0, 0.05) is 24.7 Å². The second-order valence-corrected chi connectivity index (χ2v) is 7.79. The fraction of sp³-hybridized carbons (Fsp3) is 0.421. The van der Waals surface area contributed by atoms with E-state index in [1.54, 1.807) is 4.90 Å². The van der Waals surface area contributed by atoms with Crippen LogP contribution in [-0.2, 0) is 9.53 Å². The number of urea groups is 1. The summed E-state index contributed by atoms with van der Waals surface area (Å²) in [5.74, 6) is -0.799. The van der Waals surface area contributed by atoms with E-state index < -0.39 is 5.97 Å². The number of hydrogen-bond donors (Lipinski definition) is 2. The SMILES string of the molecule is COC(=O)CNC(=O)N1CCC[C@@H](c2nnc(C(=O)Nc3ccc(C)cc3)s2)C1. The molecule has 1 fully saturated rings. The minimum absolute atomic E-state index is 0.00560. The van der Waals surface area contributed by atoms with Gasteiger partial charge in [0.25, 0.3) is 5.91 Å². The van der Waals surface area contributed by atoms with Gasteiger partial charge in [-0.1, -0.05) is 29.0 Å². The molecule has 0 aliphatic carbocycles. The number of carbonyl (C=O) groups is 3. The summed E-state index contributed by atoms with van der Waals surface area (Å²) < 4.78 is 4.53. The van der Waals surface area contributed by atoms with Crippen LogP contribution in [0.2, 0.25) is 0 Å². The molecule has 3 rings (SSSR count). The monoisotopic (exact) mass is 417 g/mol. The molecule has 0 bridgehead atoms. The molecule has 29 heavy (non-hydrogen) atoms. The van der Waals surface area contributed by atoms with Crippen molar-refractivity contribution in [2.45, 2.75) is 25.7 Å². The van der Waals surface area contributed by atoms with E-state index in [4.69, 9.17) is 0 Å². The first-order valence-electron chi connectivity index (χ1n) is 9.27. The zero-order chi connectivity index (χ0) is 20.8. The maximum Gasteiger partial charge on any atom is 0.325 e. The van der Waals surface area contributed by atoms with Crippen LogP contribution in [0.5, 0.6) is 0 Å². The Kier molecular flexibility index (Phi) is 6.76. The second-order valence-electron chi connectivity index (χ2n) is 6.79. The molecule has 154 valence electrons. The summed E-state index contributed by atoms with van der Waals surface area (Å²) in [6, 6.07) is 7.19. The quantitative estimate of drug-likeness (QED) is 0.721. The fourth-order valence-electron chi connectivity index (χ4n) is 3.01. The van der Waals surface area contributed by atoms with Crippen LogP contribution < -0.4 is 10.6 Å². The number of nitrogens with one attached hydrogen (secondary N) is 2. The van der Waals surface area contributed by atoms with Crippen molar-refractivity contribution in [2.75, 3.05) is 32.1 Å². The molecule has 9 nitrogen and oxygen atoms in total. The molecule has 1 aromatic carbocycles. The molecular formula is C19H23N5O4S. The normalized spacial score (nSPS) is 16.2. The smallest absolute Gasteiger partial charge is 0.325 e. The van der Waals surface area contributed by atoms with Gasteiger partial charge in [-0.2, -0.15) is 0 Å². The Labute approximate surface area is 172 Å². The molecule has 2 heterocycles. The molecule has 1 saturated heterocycles. The van der Waals surface area contributed by atoms with Crippen molar-refractivity contribution in [1.29, 1.82) is 0 Å². The van der Waals surface area contributed by atoms with E-state index in [0.717, 1.165) is 23.4 Å². The molecule has 10 heteroatoms. The van der Waals surface area contributed by atoms with E-state index in [-0.39, 0.29) is 29.4 Å². The van der Waals surface area contributed by atoms with E-state index in [1.807, 2.05) is 31.2 Å². The third-order valence-corrected chi connectivity index (χ3v) is 5.70. The fourth-order valence-corrected chi connectivity index (χ4v) is 3.87. The number of anilines is 1. The van der Waals surface area contributed by atoms with Gasteiger partial charge in [0.2, 0.25) is 5.01 Å². The van der Waals surface area contributed by atoms with Gasteiger partial charge in [-0.3, -0.25) is 9.59 Å². The summed E-state index contributed by atoms with van der Waals surface area (Å²) >= 11 is 1.24. The Bertz CT molecular complexity index is 883. The average Bonchev–Trinajstić information content (AvgIpc) is 3.24. The summed E-state index contributed by atoms with van der Waals surface area (Å²) in [6.45, 7) is 2.87.